The van der Waals surface area contributed by atoms with Crippen molar-refractivity contribution in [3.63, 3.8) is 0 Å². The van der Waals surface area contributed by atoms with Crippen LogP contribution in [0.4, 0.5) is 0 Å². The second-order valence-corrected chi connectivity index (χ2v) is 5.55. The van der Waals surface area contributed by atoms with E-state index in [0.717, 1.165) is 45.1 Å². The number of nitrogens with zero attached hydrogens (tertiary/aromatic N) is 6. The van der Waals surface area contributed by atoms with Crippen LogP contribution in [0, 0.1) is 28.6 Å². The number of imidazole rings is 1. The molecule has 1 aromatic heterocycles. The third kappa shape index (κ3) is 4.56. The first-order valence-corrected chi connectivity index (χ1v) is 7.40. The fourth-order valence-electron chi connectivity index (χ4n) is 2.63. The average molecular weight is 286 g/mol. The van der Waals surface area contributed by atoms with E-state index in [-0.39, 0.29) is 5.92 Å². The summed E-state index contributed by atoms with van der Waals surface area (Å²) in [5.74, 6) is 1.07. The number of rotatable bonds is 6. The van der Waals surface area contributed by atoms with Gasteiger partial charge in [0.05, 0.1) is 24.6 Å². The van der Waals surface area contributed by atoms with Crippen molar-refractivity contribution in [3.05, 3.63) is 18.2 Å². The average Bonchev–Trinajstić information content (AvgIpc) is 2.90. The van der Waals surface area contributed by atoms with Crippen molar-refractivity contribution < 1.29 is 0 Å². The van der Waals surface area contributed by atoms with Crippen molar-refractivity contribution in [2.45, 2.75) is 19.4 Å². The number of hydrogen-bond acceptors (Lipinski definition) is 5. The molecule has 6 nitrogen and oxygen atoms in total. The van der Waals surface area contributed by atoms with Gasteiger partial charge in [0, 0.05) is 58.6 Å². The van der Waals surface area contributed by atoms with Gasteiger partial charge in [0.1, 0.15) is 5.82 Å². The summed E-state index contributed by atoms with van der Waals surface area (Å²) in [6.45, 7) is 5.64. The molecule has 1 atom stereocenters. The third-order valence-electron chi connectivity index (χ3n) is 4.02. The molecule has 1 aliphatic heterocycles. The van der Waals surface area contributed by atoms with E-state index in [1.807, 2.05) is 19.4 Å². The predicted molar refractivity (Wildman–Crippen MR) is 78.9 cm³/mol. The molecule has 0 saturated carbocycles. The summed E-state index contributed by atoms with van der Waals surface area (Å²) >= 11 is 0. The van der Waals surface area contributed by atoms with Crippen molar-refractivity contribution in [2.75, 3.05) is 32.7 Å². The summed E-state index contributed by atoms with van der Waals surface area (Å²) < 4.78 is 2.06. The number of nitriles is 2. The molecule has 0 aliphatic carbocycles. The van der Waals surface area contributed by atoms with E-state index in [4.69, 9.17) is 10.5 Å². The molecule has 2 rings (SSSR count). The summed E-state index contributed by atoms with van der Waals surface area (Å²) in [6.07, 6.45) is 4.95. The van der Waals surface area contributed by atoms with Crippen LogP contribution in [0.25, 0.3) is 0 Å². The van der Waals surface area contributed by atoms with E-state index >= 15 is 0 Å². The molecule has 1 unspecified atom stereocenters. The maximum atomic E-state index is 9.13. The Hall–Kier alpha value is -1.89. The molecule has 21 heavy (non-hydrogen) atoms. The maximum Gasteiger partial charge on any atom is 0.122 e. The monoisotopic (exact) mass is 286 g/mol. The summed E-state index contributed by atoms with van der Waals surface area (Å²) in [6, 6.07) is 4.44. The molecule has 6 heteroatoms. The van der Waals surface area contributed by atoms with E-state index < -0.39 is 0 Å². The lowest BCUT2D eigenvalue weighted by atomic mass is 10.0. The Morgan fingerprint density at radius 3 is 2.52 bits per heavy atom. The van der Waals surface area contributed by atoms with Crippen LogP contribution in [0.15, 0.2) is 12.4 Å². The highest BCUT2D eigenvalue weighted by Crippen LogP contribution is 2.11. The lowest BCUT2D eigenvalue weighted by molar-refractivity contribution is 0.116. The molecule has 0 bridgehead atoms. The Bertz CT molecular complexity index is 515. The zero-order chi connectivity index (χ0) is 15.1. The molecule has 0 spiro atoms. The van der Waals surface area contributed by atoms with Gasteiger partial charge in [-0.1, -0.05) is 0 Å². The summed E-state index contributed by atoms with van der Waals surface area (Å²) in [7, 11) is 2.02. The van der Waals surface area contributed by atoms with Crippen molar-refractivity contribution in [1.29, 1.82) is 10.5 Å². The Kier molecular flexibility index (Phi) is 5.74. The van der Waals surface area contributed by atoms with Gasteiger partial charge < -0.3 is 4.57 Å². The fraction of sp³-hybridized carbons (Fsp3) is 0.667. The van der Waals surface area contributed by atoms with Gasteiger partial charge in [-0.3, -0.25) is 9.80 Å². The smallest absolute Gasteiger partial charge is 0.122 e. The molecule has 1 saturated heterocycles. The normalized spacial score (nSPS) is 18.0. The molecular weight excluding hydrogens is 264 g/mol. The topological polar surface area (TPSA) is 71.9 Å². The first kappa shape index (κ1) is 15.5. The van der Waals surface area contributed by atoms with Gasteiger partial charge in [0.25, 0.3) is 0 Å². The molecular formula is C15H22N6. The van der Waals surface area contributed by atoms with E-state index in [1.165, 1.54) is 0 Å². The fourth-order valence-corrected chi connectivity index (χ4v) is 2.63. The van der Waals surface area contributed by atoms with Crippen LogP contribution in [-0.4, -0.2) is 52.1 Å². The number of aryl methyl sites for hydroxylation is 1. The molecule has 1 fully saturated rings. The van der Waals surface area contributed by atoms with Crippen molar-refractivity contribution in [3.8, 4) is 12.1 Å². The van der Waals surface area contributed by atoms with Gasteiger partial charge in [-0.05, 0) is 6.42 Å². The van der Waals surface area contributed by atoms with E-state index in [1.54, 1.807) is 0 Å². The molecule has 0 amide bonds. The van der Waals surface area contributed by atoms with Crippen LogP contribution in [0.3, 0.4) is 0 Å². The second-order valence-electron chi connectivity index (χ2n) is 5.55. The van der Waals surface area contributed by atoms with Crippen LogP contribution in [0.5, 0.6) is 0 Å². The van der Waals surface area contributed by atoms with Crippen LogP contribution in [-0.2, 0) is 13.6 Å². The lowest BCUT2D eigenvalue weighted by Gasteiger charge is -2.35. The molecule has 0 aromatic carbocycles. The van der Waals surface area contributed by atoms with Gasteiger partial charge in [0.2, 0.25) is 0 Å². The Morgan fingerprint density at radius 2 is 1.95 bits per heavy atom. The highest BCUT2D eigenvalue weighted by Gasteiger charge is 2.20. The van der Waals surface area contributed by atoms with Crippen molar-refractivity contribution in [2.24, 2.45) is 13.0 Å². The minimum absolute atomic E-state index is 0.0225. The highest BCUT2D eigenvalue weighted by molar-refractivity contribution is 4.93. The van der Waals surface area contributed by atoms with Crippen molar-refractivity contribution in [1.82, 2.24) is 19.4 Å². The summed E-state index contributed by atoms with van der Waals surface area (Å²) in [5, 5.41) is 17.7. The zero-order valence-electron chi connectivity index (χ0n) is 12.6. The SMILES string of the molecule is Cn1ccnc1CN1CCN(CC(C#N)CCC#N)CC1. The standard InChI is InChI=1S/C15H22N6/c1-19-6-5-18-15(19)13-21-9-7-20(8-10-21)12-14(11-17)3-2-4-16/h5-6,14H,2-3,7-10,12-13H2,1H3. The Labute approximate surface area is 126 Å². The zero-order valence-corrected chi connectivity index (χ0v) is 12.6. The van der Waals surface area contributed by atoms with Gasteiger partial charge in [-0.2, -0.15) is 10.5 Å². The van der Waals surface area contributed by atoms with Gasteiger partial charge in [-0.15, -0.1) is 0 Å². The summed E-state index contributed by atoms with van der Waals surface area (Å²) in [5.41, 5.74) is 0. The predicted octanol–water partition coefficient (Wildman–Crippen LogP) is 0.981. The van der Waals surface area contributed by atoms with Gasteiger partial charge in [-0.25, -0.2) is 4.98 Å². The number of piperazine rings is 1. The van der Waals surface area contributed by atoms with Gasteiger partial charge >= 0.3 is 0 Å². The first-order chi connectivity index (χ1) is 10.2. The molecule has 2 heterocycles. The van der Waals surface area contributed by atoms with Gasteiger partial charge in [0.15, 0.2) is 0 Å². The quantitative estimate of drug-likeness (QED) is 0.779. The van der Waals surface area contributed by atoms with Crippen LogP contribution >= 0.6 is 0 Å². The first-order valence-electron chi connectivity index (χ1n) is 7.40. The summed E-state index contributed by atoms with van der Waals surface area (Å²) in [4.78, 5) is 9.09. The molecule has 1 aliphatic rings. The lowest BCUT2D eigenvalue weighted by Crippen LogP contribution is -2.47. The van der Waals surface area contributed by atoms with E-state index in [9.17, 15) is 0 Å². The molecule has 0 radical (unpaired) electrons. The number of hydrogen-bond donors (Lipinski definition) is 0. The number of aromatic nitrogens is 2. The molecule has 112 valence electrons. The van der Waals surface area contributed by atoms with E-state index in [0.29, 0.717) is 12.8 Å². The van der Waals surface area contributed by atoms with Crippen LogP contribution in [0.2, 0.25) is 0 Å². The largest absolute Gasteiger partial charge is 0.337 e. The Morgan fingerprint density at radius 1 is 1.24 bits per heavy atom. The minimum atomic E-state index is -0.0225. The third-order valence-corrected chi connectivity index (χ3v) is 4.02. The van der Waals surface area contributed by atoms with Crippen molar-refractivity contribution >= 4 is 0 Å². The van der Waals surface area contributed by atoms with Crippen LogP contribution in [0.1, 0.15) is 18.7 Å². The second kappa shape index (κ2) is 7.78. The maximum absolute atomic E-state index is 9.13. The molecule has 0 N–H and O–H groups in total. The minimum Gasteiger partial charge on any atom is -0.337 e. The Balaban J connectivity index is 1.74. The molecule has 1 aromatic rings. The van der Waals surface area contributed by atoms with E-state index in [2.05, 4.69) is 31.5 Å². The van der Waals surface area contributed by atoms with Crippen LogP contribution < -0.4 is 0 Å². The highest BCUT2D eigenvalue weighted by atomic mass is 15.3.